The van der Waals surface area contributed by atoms with E-state index in [4.69, 9.17) is 0 Å². The van der Waals surface area contributed by atoms with E-state index in [9.17, 15) is 13.2 Å². The molecule has 1 heterocycles. The zero-order chi connectivity index (χ0) is 20.1. The van der Waals surface area contributed by atoms with Crippen molar-refractivity contribution in [1.82, 2.24) is 9.62 Å². The number of hydrogen-bond donors (Lipinski definition) is 1. The highest BCUT2D eigenvalue weighted by Gasteiger charge is 2.35. The molecule has 6 heteroatoms. The van der Waals surface area contributed by atoms with Crippen LogP contribution in [0.2, 0.25) is 0 Å². The van der Waals surface area contributed by atoms with Gasteiger partial charge in [-0.1, -0.05) is 61.5 Å². The Kier molecular flexibility index (Phi) is 6.52. The van der Waals surface area contributed by atoms with Crippen molar-refractivity contribution in [3.05, 3.63) is 60.2 Å². The van der Waals surface area contributed by atoms with Gasteiger partial charge in [-0.2, -0.15) is 0 Å². The molecule has 1 aliphatic rings. The first-order valence-electron chi connectivity index (χ1n) is 9.78. The summed E-state index contributed by atoms with van der Waals surface area (Å²) in [5.74, 6) is 0.0733. The Bertz CT molecular complexity index is 912. The van der Waals surface area contributed by atoms with Crippen molar-refractivity contribution < 1.29 is 13.2 Å². The van der Waals surface area contributed by atoms with Crippen molar-refractivity contribution in [3.8, 4) is 11.1 Å². The molecule has 0 bridgehead atoms. The average molecular weight is 401 g/mol. The number of likely N-dealkylation sites (tertiary alicyclic amines) is 1. The van der Waals surface area contributed by atoms with Crippen LogP contribution in [0, 0.1) is 0 Å². The lowest BCUT2D eigenvalue weighted by molar-refractivity contribution is -0.135. The van der Waals surface area contributed by atoms with Crippen molar-refractivity contribution in [2.75, 3.05) is 12.8 Å². The van der Waals surface area contributed by atoms with Crippen LogP contribution in [0.25, 0.3) is 11.1 Å². The van der Waals surface area contributed by atoms with Gasteiger partial charge in [0.25, 0.3) is 0 Å². The second-order valence-corrected chi connectivity index (χ2v) is 9.20. The molecule has 0 radical (unpaired) electrons. The number of rotatable bonds is 6. The van der Waals surface area contributed by atoms with Crippen molar-refractivity contribution in [2.45, 2.75) is 44.7 Å². The second kappa shape index (κ2) is 8.88. The van der Waals surface area contributed by atoms with Gasteiger partial charge in [-0.3, -0.25) is 4.79 Å². The van der Waals surface area contributed by atoms with E-state index in [-0.39, 0.29) is 18.0 Å². The first-order chi connectivity index (χ1) is 13.4. The molecule has 1 amide bonds. The third-order valence-electron chi connectivity index (χ3n) is 5.25. The number of carbonyl (C=O) groups is 1. The van der Waals surface area contributed by atoms with Gasteiger partial charge in [0.2, 0.25) is 15.9 Å². The number of piperidine rings is 1. The molecule has 2 aromatic carbocycles. The van der Waals surface area contributed by atoms with Crippen LogP contribution in [0.3, 0.4) is 0 Å². The summed E-state index contributed by atoms with van der Waals surface area (Å²) in [6.45, 7) is 2.53. The molecule has 5 nitrogen and oxygen atoms in total. The molecule has 150 valence electrons. The number of carbonyl (C=O) groups excluding carboxylic acids is 1. The molecule has 0 aromatic heterocycles. The zero-order valence-corrected chi connectivity index (χ0v) is 17.3. The summed E-state index contributed by atoms with van der Waals surface area (Å²) in [7, 11) is -3.34. The van der Waals surface area contributed by atoms with Gasteiger partial charge in [0.15, 0.2) is 0 Å². The minimum absolute atomic E-state index is 0.0733. The molecule has 2 atom stereocenters. The SMILES string of the molecule is CCC(=O)N1CCCC(NS(C)(=O)=O)C1Cc1cccc(-c2ccccc2)c1. The number of nitrogens with zero attached hydrogens (tertiary/aromatic N) is 1. The number of benzene rings is 2. The first-order valence-corrected chi connectivity index (χ1v) is 11.7. The Labute approximate surface area is 167 Å². The predicted molar refractivity (Wildman–Crippen MR) is 112 cm³/mol. The maximum atomic E-state index is 12.5. The molecule has 0 saturated carbocycles. The van der Waals surface area contributed by atoms with Crippen molar-refractivity contribution in [2.24, 2.45) is 0 Å². The summed E-state index contributed by atoms with van der Waals surface area (Å²) >= 11 is 0. The molecule has 1 fully saturated rings. The molecule has 1 saturated heterocycles. The van der Waals surface area contributed by atoms with Gasteiger partial charge in [0, 0.05) is 19.0 Å². The molecular formula is C22H28N2O3S. The van der Waals surface area contributed by atoms with Gasteiger partial charge in [0.05, 0.1) is 12.3 Å². The van der Waals surface area contributed by atoms with Gasteiger partial charge < -0.3 is 4.90 Å². The highest BCUT2D eigenvalue weighted by molar-refractivity contribution is 7.88. The van der Waals surface area contributed by atoms with Crippen LogP contribution in [0.5, 0.6) is 0 Å². The third kappa shape index (κ3) is 5.20. The van der Waals surface area contributed by atoms with Crippen molar-refractivity contribution >= 4 is 15.9 Å². The summed E-state index contributed by atoms with van der Waals surface area (Å²) < 4.78 is 26.5. The Hall–Kier alpha value is -2.18. The minimum Gasteiger partial charge on any atom is -0.338 e. The van der Waals surface area contributed by atoms with E-state index in [1.807, 2.05) is 42.2 Å². The lowest BCUT2D eigenvalue weighted by Crippen LogP contribution is -2.57. The van der Waals surface area contributed by atoms with Gasteiger partial charge in [-0.25, -0.2) is 13.1 Å². The van der Waals surface area contributed by atoms with Crippen LogP contribution >= 0.6 is 0 Å². The number of amides is 1. The van der Waals surface area contributed by atoms with E-state index >= 15 is 0 Å². The van der Waals surface area contributed by atoms with Crippen LogP contribution in [-0.4, -0.2) is 44.1 Å². The quantitative estimate of drug-likeness (QED) is 0.810. The predicted octanol–water partition coefficient (Wildman–Crippen LogP) is 3.21. The summed E-state index contributed by atoms with van der Waals surface area (Å²) in [5, 5.41) is 0. The van der Waals surface area contributed by atoms with Gasteiger partial charge in [0.1, 0.15) is 0 Å². The van der Waals surface area contributed by atoms with Gasteiger partial charge in [-0.15, -0.1) is 0 Å². The summed E-state index contributed by atoms with van der Waals surface area (Å²) in [6, 6.07) is 18.0. The molecule has 0 aliphatic carbocycles. The van der Waals surface area contributed by atoms with E-state index in [0.717, 1.165) is 29.5 Å². The Morgan fingerprint density at radius 2 is 1.82 bits per heavy atom. The highest BCUT2D eigenvalue weighted by Crippen LogP contribution is 2.25. The van der Waals surface area contributed by atoms with E-state index in [1.165, 1.54) is 6.26 Å². The fraction of sp³-hybridized carbons (Fsp3) is 0.409. The van der Waals surface area contributed by atoms with Crippen molar-refractivity contribution in [3.63, 3.8) is 0 Å². The van der Waals surface area contributed by atoms with Crippen LogP contribution in [0.1, 0.15) is 31.7 Å². The fourth-order valence-corrected chi connectivity index (χ4v) is 4.81. The molecule has 1 N–H and O–H groups in total. The minimum atomic E-state index is -3.34. The Balaban J connectivity index is 1.89. The molecule has 0 spiro atoms. The first kappa shape index (κ1) is 20.6. The molecule has 28 heavy (non-hydrogen) atoms. The second-order valence-electron chi connectivity index (χ2n) is 7.42. The number of hydrogen-bond acceptors (Lipinski definition) is 3. The Morgan fingerprint density at radius 3 is 2.50 bits per heavy atom. The van der Waals surface area contributed by atoms with Gasteiger partial charge in [-0.05, 0) is 36.0 Å². The lowest BCUT2D eigenvalue weighted by Gasteiger charge is -2.41. The van der Waals surface area contributed by atoms with E-state index < -0.39 is 10.0 Å². The van der Waals surface area contributed by atoms with Crippen molar-refractivity contribution in [1.29, 1.82) is 0 Å². The van der Waals surface area contributed by atoms with Gasteiger partial charge >= 0.3 is 0 Å². The maximum absolute atomic E-state index is 12.5. The molecule has 1 aliphatic heterocycles. The number of nitrogens with one attached hydrogen (secondary N) is 1. The molecule has 3 rings (SSSR count). The maximum Gasteiger partial charge on any atom is 0.222 e. The molecular weight excluding hydrogens is 372 g/mol. The highest BCUT2D eigenvalue weighted by atomic mass is 32.2. The van der Waals surface area contributed by atoms with E-state index in [2.05, 4.69) is 29.0 Å². The monoisotopic (exact) mass is 400 g/mol. The van der Waals surface area contributed by atoms with Crippen LogP contribution in [-0.2, 0) is 21.2 Å². The van der Waals surface area contributed by atoms with Crippen LogP contribution in [0.15, 0.2) is 54.6 Å². The molecule has 2 unspecified atom stereocenters. The van der Waals surface area contributed by atoms with E-state index in [0.29, 0.717) is 19.4 Å². The summed E-state index contributed by atoms with van der Waals surface area (Å²) in [4.78, 5) is 14.4. The van der Waals surface area contributed by atoms with E-state index in [1.54, 1.807) is 0 Å². The summed E-state index contributed by atoms with van der Waals surface area (Å²) in [5.41, 5.74) is 3.36. The lowest BCUT2D eigenvalue weighted by atomic mass is 9.90. The summed E-state index contributed by atoms with van der Waals surface area (Å²) in [6.07, 6.45) is 3.77. The molecule has 2 aromatic rings. The zero-order valence-electron chi connectivity index (χ0n) is 16.5. The smallest absolute Gasteiger partial charge is 0.222 e. The third-order valence-corrected chi connectivity index (χ3v) is 5.98. The normalized spacial score (nSPS) is 20.1. The fourth-order valence-electron chi connectivity index (χ4n) is 3.98. The average Bonchev–Trinajstić information content (AvgIpc) is 2.68. The largest absolute Gasteiger partial charge is 0.338 e. The van der Waals surface area contributed by atoms with Crippen LogP contribution < -0.4 is 4.72 Å². The number of sulfonamides is 1. The topological polar surface area (TPSA) is 66.5 Å². The standard InChI is InChI=1S/C22H28N2O3S/c1-3-22(25)24-14-8-13-20(23-28(2,26)27)21(24)16-17-9-7-12-19(15-17)18-10-5-4-6-11-18/h4-7,9-12,15,20-21,23H,3,8,13-14,16H2,1-2H3. The Morgan fingerprint density at radius 1 is 1.11 bits per heavy atom. The van der Waals surface area contributed by atoms with Crippen LogP contribution in [0.4, 0.5) is 0 Å².